The van der Waals surface area contributed by atoms with Crippen LogP contribution in [-0.4, -0.2) is 32.9 Å². The molecule has 0 saturated carbocycles. The third-order valence-electron chi connectivity index (χ3n) is 3.13. The normalized spacial score (nSPS) is 11.3. The Kier molecular flexibility index (Phi) is 5.22. The molecule has 1 amide bonds. The molecule has 24 heavy (non-hydrogen) atoms. The average Bonchev–Trinajstić information content (AvgIpc) is 2.95. The van der Waals surface area contributed by atoms with Crippen LogP contribution in [0.3, 0.4) is 0 Å². The van der Waals surface area contributed by atoms with Gasteiger partial charge in [0.25, 0.3) is 5.91 Å². The van der Waals surface area contributed by atoms with E-state index in [1.807, 2.05) is 0 Å². The Morgan fingerprint density at radius 2 is 1.96 bits per heavy atom. The van der Waals surface area contributed by atoms with E-state index in [4.69, 9.17) is 5.11 Å². The van der Waals surface area contributed by atoms with Crippen molar-refractivity contribution < 1.29 is 27.9 Å². The molecule has 0 aliphatic heterocycles. The number of carboxylic acids is 1. The summed E-state index contributed by atoms with van der Waals surface area (Å²) in [6.07, 6.45) is -3.24. The number of alkyl halides is 3. The zero-order valence-electron chi connectivity index (χ0n) is 12.4. The van der Waals surface area contributed by atoms with Crippen LogP contribution in [0.15, 0.2) is 36.7 Å². The zero-order chi connectivity index (χ0) is 17.7. The van der Waals surface area contributed by atoms with Crippen LogP contribution >= 0.6 is 0 Å². The highest BCUT2D eigenvalue weighted by atomic mass is 19.4. The molecule has 0 unspecified atom stereocenters. The Morgan fingerprint density at radius 3 is 2.62 bits per heavy atom. The molecule has 0 spiro atoms. The molecule has 0 atom stereocenters. The van der Waals surface area contributed by atoms with Crippen molar-refractivity contribution in [2.45, 2.75) is 25.6 Å². The van der Waals surface area contributed by atoms with Crippen LogP contribution < -0.4 is 5.32 Å². The lowest BCUT2D eigenvalue weighted by atomic mass is 10.1. The Labute approximate surface area is 134 Å². The molecule has 0 aliphatic carbocycles. The number of nitrogens with one attached hydrogen (secondary N) is 1. The Balaban J connectivity index is 2.06. The number of amides is 1. The van der Waals surface area contributed by atoms with Gasteiger partial charge in [-0.15, -0.1) is 0 Å². The lowest BCUT2D eigenvalue weighted by molar-refractivity contribution is -0.137. The smallest absolute Gasteiger partial charge is 0.390 e. The van der Waals surface area contributed by atoms with Gasteiger partial charge in [-0.3, -0.25) is 14.3 Å². The lowest BCUT2D eigenvalue weighted by Gasteiger charge is -2.08. The number of para-hydroxylation sites is 1. The second-order valence-electron chi connectivity index (χ2n) is 5.04. The summed E-state index contributed by atoms with van der Waals surface area (Å²) in [6, 6.07) is 6.39. The Bertz CT molecular complexity index is 741. The van der Waals surface area contributed by atoms with Crippen LogP contribution in [0.4, 0.5) is 18.9 Å². The van der Waals surface area contributed by atoms with Crippen molar-refractivity contribution in [3.63, 3.8) is 0 Å². The largest absolute Gasteiger partial charge is 0.481 e. The number of halogens is 3. The van der Waals surface area contributed by atoms with E-state index in [0.717, 1.165) is 10.9 Å². The van der Waals surface area contributed by atoms with Gasteiger partial charge in [-0.1, -0.05) is 18.2 Å². The van der Waals surface area contributed by atoms with Crippen molar-refractivity contribution in [3.05, 3.63) is 47.8 Å². The van der Waals surface area contributed by atoms with Gasteiger partial charge in [-0.25, -0.2) is 0 Å². The maximum atomic E-state index is 12.2. The topological polar surface area (TPSA) is 84.2 Å². The lowest BCUT2D eigenvalue weighted by Crippen LogP contribution is -2.14. The van der Waals surface area contributed by atoms with Crippen molar-refractivity contribution in [1.82, 2.24) is 9.78 Å². The number of nitrogens with zero attached hydrogens (tertiary/aromatic N) is 2. The van der Waals surface area contributed by atoms with Gasteiger partial charge in [0.2, 0.25) is 0 Å². The number of aliphatic carboxylic acids is 1. The summed E-state index contributed by atoms with van der Waals surface area (Å²) >= 11 is 0. The molecule has 9 heteroatoms. The minimum atomic E-state index is -4.30. The van der Waals surface area contributed by atoms with E-state index in [-0.39, 0.29) is 18.5 Å². The summed E-state index contributed by atoms with van der Waals surface area (Å²) in [5.74, 6) is -1.62. The van der Waals surface area contributed by atoms with Crippen LogP contribution in [0.5, 0.6) is 0 Å². The SMILES string of the molecule is O=C(O)Cc1ccccc1NC(=O)c1cnn(CCC(F)(F)F)c1. The van der Waals surface area contributed by atoms with Crippen LogP contribution in [-0.2, 0) is 17.8 Å². The maximum absolute atomic E-state index is 12.2. The average molecular weight is 341 g/mol. The fourth-order valence-electron chi connectivity index (χ4n) is 2.00. The van der Waals surface area contributed by atoms with Crippen molar-refractivity contribution in [2.75, 3.05) is 5.32 Å². The number of aromatic nitrogens is 2. The Morgan fingerprint density at radius 1 is 1.25 bits per heavy atom. The summed E-state index contributed by atoms with van der Waals surface area (Å²) in [7, 11) is 0. The predicted octanol–water partition coefficient (Wildman–Crippen LogP) is 2.71. The number of carbonyl (C=O) groups excluding carboxylic acids is 1. The molecule has 0 aliphatic rings. The molecule has 2 aromatic rings. The van der Waals surface area contributed by atoms with Crippen LogP contribution in [0.1, 0.15) is 22.3 Å². The molecular formula is C15H14F3N3O3. The van der Waals surface area contributed by atoms with Crippen LogP contribution in [0.25, 0.3) is 0 Å². The molecular weight excluding hydrogens is 327 g/mol. The summed E-state index contributed by atoms with van der Waals surface area (Å²) in [5.41, 5.74) is 0.832. The standard InChI is InChI=1S/C15H14F3N3O3/c16-15(17,18)5-6-21-9-11(8-19-21)14(24)20-12-4-2-1-3-10(12)7-13(22)23/h1-4,8-9H,5-7H2,(H,20,24)(H,22,23). The first kappa shape index (κ1) is 17.5. The molecule has 1 aromatic heterocycles. The second kappa shape index (κ2) is 7.16. The van der Waals surface area contributed by atoms with E-state index in [9.17, 15) is 22.8 Å². The van der Waals surface area contributed by atoms with Gasteiger partial charge in [0.05, 0.1) is 24.6 Å². The molecule has 6 nitrogen and oxygen atoms in total. The van der Waals surface area contributed by atoms with Gasteiger partial charge < -0.3 is 10.4 Å². The minimum absolute atomic E-state index is 0.0855. The van der Waals surface area contributed by atoms with Gasteiger partial charge in [0.1, 0.15) is 0 Å². The summed E-state index contributed by atoms with van der Waals surface area (Å²) in [4.78, 5) is 22.9. The number of anilines is 1. The first-order valence-electron chi connectivity index (χ1n) is 6.95. The van der Waals surface area contributed by atoms with E-state index >= 15 is 0 Å². The predicted molar refractivity (Wildman–Crippen MR) is 78.6 cm³/mol. The van der Waals surface area contributed by atoms with E-state index in [2.05, 4.69) is 10.4 Å². The summed E-state index contributed by atoms with van der Waals surface area (Å²) < 4.78 is 37.6. The Hall–Kier alpha value is -2.84. The fourth-order valence-corrected chi connectivity index (χ4v) is 2.00. The van der Waals surface area contributed by atoms with Gasteiger partial charge in [0.15, 0.2) is 0 Å². The van der Waals surface area contributed by atoms with Crippen molar-refractivity contribution in [1.29, 1.82) is 0 Å². The number of hydrogen-bond acceptors (Lipinski definition) is 3. The van der Waals surface area contributed by atoms with Crippen molar-refractivity contribution in [2.24, 2.45) is 0 Å². The first-order valence-corrected chi connectivity index (χ1v) is 6.95. The number of carboxylic acid groups (broad SMARTS) is 1. The van der Waals surface area contributed by atoms with E-state index in [0.29, 0.717) is 11.3 Å². The first-order chi connectivity index (χ1) is 11.2. The number of benzene rings is 1. The van der Waals surface area contributed by atoms with Crippen molar-refractivity contribution in [3.8, 4) is 0 Å². The molecule has 0 bridgehead atoms. The molecule has 2 rings (SSSR count). The molecule has 1 heterocycles. The number of aryl methyl sites for hydroxylation is 1. The molecule has 2 N–H and O–H groups in total. The quantitative estimate of drug-likeness (QED) is 0.846. The zero-order valence-corrected chi connectivity index (χ0v) is 12.4. The minimum Gasteiger partial charge on any atom is -0.481 e. The van der Waals surface area contributed by atoms with Gasteiger partial charge in [-0.2, -0.15) is 18.3 Å². The van der Waals surface area contributed by atoms with Crippen molar-refractivity contribution >= 4 is 17.6 Å². The van der Waals surface area contributed by atoms with Gasteiger partial charge in [-0.05, 0) is 11.6 Å². The van der Waals surface area contributed by atoms with Gasteiger partial charge >= 0.3 is 12.1 Å². The number of hydrogen-bond donors (Lipinski definition) is 2. The third-order valence-corrected chi connectivity index (χ3v) is 3.13. The third kappa shape index (κ3) is 5.11. The van der Waals surface area contributed by atoms with E-state index in [1.165, 1.54) is 6.20 Å². The van der Waals surface area contributed by atoms with Crippen LogP contribution in [0, 0.1) is 0 Å². The highest BCUT2D eigenvalue weighted by Gasteiger charge is 2.27. The number of rotatable bonds is 6. The molecule has 0 saturated heterocycles. The van der Waals surface area contributed by atoms with Crippen LogP contribution in [0.2, 0.25) is 0 Å². The molecule has 0 radical (unpaired) electrons. The number of carbonyl (C=O) groups is 2. The highest BCUT2D eigenvalue weighted by Crippen LogP contribution is 2.20. The maximum Gasteiger partial charge on any atom is 0.390 e. The molecule has 128 valence electrons. The van der Waals surface area contributed by atoms with E-state index < -0.39 is 24.5 Å². The molecule has 0 fully saturated rings. The highest BCUT2D eigenvalue weighted by molar-refractivity contribution is 6.04. The summed E-state index contributed by atoms with van der Waals surface area (Å²) in [5, 5.41) is 15.1. The van der Waals surface area contributed by atoms with E-state index in [1.54, 1.807) is 24.3 Å². The molecule has 1 aromatic carbocycles. The summed E-state index contributed by atoms with van der Waals surface area (Å²) in [6.45, 7) is -0.383. The van der Waals surface area contributed by atoms with Gasteiger partial charge in [0, 0.05) is 18.4 Å². The monoisotopic (exact) mass is 341 g/mol. The fraction of sp³-hybridized carbons (Fsp3) is 0.267. The second-order valence-corrected chi connectivity index (χ2v) is 5.04.